The number of nitrogens with zero attached hydrogens (tertiary/aromatic N) is 1. The smallest absolute Gasteiger partial charge is 0.0195 e. The van der Waals surface area contributed by atoms with Gasteiger partial charge in [-0.05, 0) is 38.6 Å². The average Bonchev–Trinajstić information content (AvgIpc) is 2.67. The molecule has 0 amide bonds. The first-order valence-electron chi connectivity index (χ1n) is 5.81. The Labute approximate surface area is 92.8 Å². The molecule has 2 nitrogen and oxygen atoms in total. The second-order valence-electron chi connectivity index (χ2n) is 4.09. The van der Waals surface area contributed by atoms with E-state index in [4.69, 9.17) is 0 Å². The third-order valence-corrected chi connectivity index (χ3v) is 3.38. The molecule has 1 atom stereocenters. The van der Waals surface area contributed by atoms with Crippen molar-refractivity contribution in [1.82, 2.24) is 10.2 Å². The van der Waals surface area contributed by atoms with E-state index in [9.17, 15) is 0 Å². The van der Waals surface area contributed by atoms with Gasteiger partial charge in [0.05, 0.1) is 0 Å². The van der Waals surface area contributed by atoms with Gasteiger partial charge in [0.1, 0.15) is 0 Å². The maximum atomic E-state index is 3.57. The minimum Gasteiger partial charge on any atom is -0.313 e. The summed E-state index contributed by atoms with van der Waals surface area (Å²) in [6, 6.07) is 0.767. The zero-order chi connectivity index (χ0) is 10.2. The maximum absolute atomic E-state index is 3.57. The van der Waals surface area contributed by atoms with Crippen LogP contribution in [-0.4, -0.2) is 49.1 Å². The highest BCUT2D eigenvalue weighted by Gasteiger charge is 2.16. The van der Waals surface area contributed by atoms with Crippen LogP contribution < -0.4 is 5.32 Å². The molecule has 1 saturated heterocycles. The fourth-order valence-corrected chi connectivity index (χ4v) is 2.50. The second kappa shape index (κ2) is 7.55. The van der Waals surface area contributed by atoms with Crippen LogP contribution >= 0.6 is 11.8 Å². The van der Waals surface area contributed by atoms with Gasteiger partial charge in [0.25, 0.3) is 0 Å². The van der Waals surface area contributed by atoms with E-state index in [0.29, 0.717) is 0 Å². The van der Waals surface area contributed by atoms with Crippen molar-refractivity contribution >= 4 is 11.8 Å². The molecule has 0 aromatic heterocycles. The molecule has 14 heavy (non-hydrogen) atoms. The van der Waals surface area contributed by atoms with Gasteiger partial charge < -0.3 is 10.2 Å². The topological polar surface area (TPSA) is 15.3 Å². The standard InChI is InChI=1S/C11H24N2S/c1-3-7-13(8-9-14-2)10-11-5-4-6-12-11/h11-12H,3-10H2,1-2H3. The SMILES string of the molecule is CCCN(CCSC)CC1CCCN1. The molecule has 0 aliphatic carbocycles. The molecule has 1 rings (SSSR count). The van der Waals surface area contributed by atoms with Gasteiger partial charge in [-0.1, -0.05) is 6.92 Å². The third-order valence-electron chi connectivity index (χ3n) is 2.79. The van der Waals surface area contributed by atoms with Crippen LogP contribution in [0, 0.1) is 0 Å². The lowest BCUT2D eigenvalue weighted by Crippen LogP contribution is -2.39. The van der Waals surface area contributed by atoms with Crippen molar-refractivity contribution in [2.45, 2.75) is 32.2 Å². The molecule has 0 spiro atoms. The molecule has 84 valence electrons. The first kappa shape index (κ1) is 12.3. The molecular formula is C11H24N2S. The number of hydrogen-bond donors (Lipinski definition) is 1. The van der Waals surface area contributed by atoms with Crippen molar-refractivity contribution in [2.24, 2.45) is 0 Å². The van der Waals surface area contributed by atoms with Crippen molar-refractivity contribution in [2.75, 3.05) is 38.2 Å². The number of hydrogen-bond acceptors (Lipinski definition) is 3. The van der Waals surface area contributed by atoms with Crippen molar-refractivity contribution < 1.29 is 0 Å². The van der Waals surface area contributed by atoms with Crippen molar-refractivity contribution in [3.05, 3.63) is 0 Å². The maximum Gasteiger partial charge on any atom is 0.0195 e. The van der Waals surface area contributed by atoms with Gasteiger partial charge in [0.2, 0.25) is 0 Å². The fraction of sp³-hybridized carbons (Fsp3) is 1.00. The second-order valence-corrected chi connectivity index (χ2v) is 5.07. The molecule has 0 bridgehead atoms. The summed E-state index contributed by atoms with van der Waals surface area (Å²) < 4.78 is 0. The Bertz CT molecular complexity index is 135. The Morgan fingerprint density at radius 2 is 2.29 bits per heavy atom. The van der Waals surface area contributed by atoms with Crippen molar-refractivity contribution in [3.8, 4) is 0 Å². The normalized spacial score (nSPS) is 22.1. The van der Waals surface area contributed by atoms with Crippen LogP contribution in [0.3, 0.4) is 0 Å². The Hall–Kier alpha value is 0.270. The van der Waals surface area contributed by atoms with Gasteiger partial charge in [0, 0.05) is 24.9 Å². The molecule has 1 aliphatic rings. The van der Waals surface area contributed by atoms with Gasteiger partial charge in [-0.15, -0.1) is 0 Å². The molecule has 1 fully saturated rings. The Morgan fingerprint density at radius 3 is 2.86 bits per heavy atom. The van der Waals surface area contributed by atoms with Gasteiger partial charge in [-0.3, -0.25) is 0 Å². The highest BCUT2D eigenvalue weighted by molar-refractivity contribution is 7.98. The summed E-state index contributed by atoms with van der Waals surface area (Å²) >= 11 is 1.95. The third kappa shape index (κ3) is 4.67. The first-order valence-corrected chi connectivity index (χ1v) is 7.21. The fourth-order valence-electron chi connectivity index (χ4n) is 2.06. The van der Waals surface area contributed by atoms with Crippen LogP contribution in [0.25, 0.3) is 0 Å². The monoisotopic (exact) mass is 216 g/mol. The molecule has 1 unspecified atom stereocenters. The van der Waals surface area contributed by atoms with E-state index in [1.165, 1.54) is 51.2 Å². The Kier molecular flexibility index (Phi) is 6.65. The summed E-state index contributed by atoms with van der Waals surface area (Å²) in [4.78, 5) is 2.61. The summed E-state index contributed by atoms with van der Waals surface area (Å²) in [6.45, 7) is 7.28. The minimum atomic E-state index is 0.767. The van der Waals surface area contributed by atoms with Crippen molar-refractivity contribution in [3.63, 3.8) is 0 Å². The lowest BCUT2D eigenvalue weighted by atomic mass is 10.2. The average molecular weight is 216 g/mol. The predicted molar refractivity (Wildman–Crippen MR) is 66.1 cm³/mol. The van der Waals surface area contributed by atoms with Crippen LogP contribution in [0.2, 0.25) is 0 Å². The van der Waals surface area contributed by atoms with E-state index < -0.39 is 0 Å². The van der Waals surface area contributed by atoms with Crippen molar-refractivity contribution in [1.29, 1.82) is 0 Å². The van der Waals surface area contributed by atoms with E-state index in [0.717, 1.165) is 6.04 Å². The highest BCUT2D eigenvalue weighted by atomic mass is 32.2. The molecule has 1 N–H and O–H groups in total. The van der Waals surface area contributed by atoms with Crippen LogP contribution in [0.4, 0.5) is 0 Å². The van der Waals surface area contributed by atoms with Gasteiger partial charge >= 0.3 is 0 Å². The first-order chi connectivity index (χ1) is 6.86. The number of nitrogens with one attached hydrogen (secondary N) is 1. The van der Waals surface area contributed by atoms with E-state index in [1.807, 2.05) is 11.8 Å². The van der Waals surface area contributed by atoms with E-state index >= 15 is 0 Å². The Morgan fingerprint density at radius 1 is 1.43 bits per heavy atom. The summed E-state index contributed by atoms with van der Waals surface area (Å²) in [6.07, 6.45) is 6.21. The molecule has 0 aromatic carbocycles. The number of thioether (sulfide) groups is 1. The molecule has 0 aromatic rings. The van der Waals surface area contributed by atoms with E-state index in [1.54, 1.807) is 0 Å². The molecular weight excluding hydrogens is 192 g/mol. The summed E-state index contributed by atoms with van der Waals surface area (Å²) in [5.74, 6) is 1.27. The predicted octanol–water partition coefficient (Wildman–Crippen LogP) is 1.81. The van der Waals surface area contributed by atoms with Gasteiger partial charge in [-0.2, -0.15) is 11.8 Å². The lowest BCUT2D eigenvalue weighted by molar-refractivity contribution is 0.264. The molecule has 3 heteroatoms. The van der Waals surface area contributed by atoms with Crippen LogP contribution in [0.5, 0.6) is 0 Å². The molecule has 1 heterocycles. The Balaban J connectivity index is 2.18. The molecule has 0 radical (unpaired) electrons. The zero-order valence-electron chi connectivity index (χ0n) is 9.59. The van der Waals surface area contributed by atoms with Crippen LogP contribution in [-0.2, 0) is 0 Å². The van der Waals surface area contributed by atoms with Crippen LogP contribution in [0.1, 0.15) is 26.2 Å². The van der Waals surface area contributed by atoms with Crippen LogP contribution in [0.15, 0.2) is 0 Å². The molecule has 1 aliphatic heterocycles. The van der Waals surface area contributed by atoms with Gasteiger partial charge in [0.15, 0.2) is 0 Å². The number of rotatable bonds is 7. The summed E-state index contributed by atoms with van der Waals surface area (Å²) in [7, 11) is 0. The zero-order valence-corrected chi connectivity index (χ0v) is 10.4. The van der Waals surface area contributed by atoms with E-state index in [-0.39, 0.29) is 0 Å². The van der Waals surface area contributed by atoms with Gasteiger partial charge in [-0.25, -0.2) is 0 Å². The minimum absolute atomic E-state index is 0.767. The van der Waals surface area contributed by atoms with E-state index in [2.05, 4.69) is 23.4 Å². The summed E-state index contributed by atoms with van der Waals surface area (Å²) in [5.41, 5.74) is 0. The molecule has 0 saturated carbocycles. The highest BCUT2D eigenvalue weighted by Crippen LogP contribution is 2.08. The largest absolute Gasteiger partial charge is 0.313 e. The summed E-state index contributed by atoms with van der Waals surface area (Å²) in [5, 5.41) is 3.57. The lowest BCUT2D eigenvalue weighted by Gasteiger charge is -2.24. The quantitative estimate of drug-likeness (QED) is 0.699.